The van der Waals surface area contributed by atoms with E-state index in [-0.39, 0.29) is 23.5 Å². The number of ether oxygens (including phenoxy) is 1. The average Bonchev–Trinajstić information content (AvgIpc) is 2.29. The lowest BCUT2D eigenvalue weighted by molar-refractivity contribution is -0.418. The van der Waals surface area contributed by atoms with Crippen molar-refractivity contribution in [2.75, 3.05) is 6.54 Å². The minimum Gasteiger partial charge on any atom is -0.444 e. The Kier molecular flexibility index (Phi) is 6.73. The molecule has 0 spiro atoms. The molecule has 0 unspecified atom stereocenters. The van der Waals surface area contributed by atoms with E-state index in [1.165, 1.54) is 0 Å². The topological polar surface area (TPSA) is 107 Å². The van der Waals surface area contributed by atoms with E-state index in [1.807, 2.05) is 0 Å². The third kappa shape index (κ3) is 8.88. The Morgan fingerprint density at radius 1 is 1.48 bits per heavy atom. The van der Waals surface area contributed by atoms with Crippen LogP contribution in [0.25, 0.3) is 0 Å². The van der Waals surface area contributed by atoms with Gasteiger partial charge < -0.3 is 15.8 Å². The van der Waals surface area contributed by atoms with E-state index in [4.69, 9.17) is 10.5 Å². The van der Waals surface area contributed by atoms with Crippen molar-refractivity contribution in [3.05, 3.63) is 46.3 Å². The first-order valence-electron chi connectivity index (χ1n) is 5.98. The highest BCUT2D eigenvalue weighted by Crippen LogP contribution is 2.06. The van der Waals surface area contributed by atoms with Crippen LogP contribution in [0.4, 0.5) is 4.79 Å². The van der Waals surface area contributed by atoms with Crippen LogP contribution in [0.2, 0.25) is 0 Å². The van der Waals surface area contributed by atoms with Crippen molar-refractivity contribution in [1.82, 2.24) is 5.32 Å². The lowest BCUT2D eigenvalue weighted by Gasteiger charge is -2.19. The largest absolute Gasteiger partial charge is 0.444 e. The van der Waals surface area contributed by atoms with Crippen LogP contribution in [0.3, 0.4) is 0 Å². The predicted molar refractivity (Wildman–Crippen MR) is 79.6 cm³/mol. The quantitative estimate of drug-likeness (QED) is 0.355. The maximum atomic E-state index is 11.3. The molecule has 3 N–H and O–H groups in total. The van der Waals surface area contributed by atoms with Crippen LogP contribution < -0.4 is 11.1 Å². The lowest BCUT2D eigenvalue weighted by atomic mass is 10.2. The highest BCUT2D eigenvalue weighted by molar-refractivity contribution is 5.68. The maximum Gasteiger partial charge on any atom is 0.408 e. The van der Waals surface area contributed by atoms with Crippen molar-refractivity contribution < 1.29 is 14.5 Å². The molecule has 0 fully saturated rings. The molecule has 0 saturated carbocycles. The summed E-state index contributed by atoms with van der Waals surface area (Å²) in [6, 6.07) is 0. The Labute approximate surface area is 123 Å². The van der Waals surface area contributed by atoms with E-state index in [9.17, 15) is 14.9 Å². The van der Waals surface area contributed by atoms with E-state index < -0.39 is 16.6 Å². The molecule has 0 heterocycles. The molecule has 0 bridgehead atoms. The molecule has 0 aromatic heterocycles. The number of carbonyl (C=O) groups is 1. The number of allylic oxidation sites excluding steroid dienone is 2. The molecule has 0 aliphatic carbocycles. The zero-order valence-corrected chi connectivity index (χ0v) is 12.4. The fraction of sp³-hybridized carbons (Fsp3) is 0.357. The molecule has 0 aromatic carbocycles. The summed E-state index contributed by atoms with van der Waals surface area (Å²) < 4.78 is 5.01. The number of nitro groups is 1. The maximum absolute atomic E-state index is 11.3. The van der Waals surface area contributed by atoms with E-state index in [1.54, 1.807) is 20.8 Å². The molecule has 1 amide bonds. The first-order valence-corrected chi connectivity index (χ1v) is 5.98. The van der Waals surface area contributed by atoms with Gasteiger partial charge in [0.15, 0.2) is 0 Å². The zero-order chi connectivity index (χ0) is 16.6. The van der Waals surface area contributed by atoms with Crippen LogP contribution in [0.1, 0.15) is 20.8 Å². The summed E-state index contributed by atoms with van der Waals surface area (Å²) in [7, 11) is 0. The van der Waals surface area contributed by atoms with Crippen molar-refractivity contribution in [2.24, 2.45) is 5.73 Å². The van der Waals surface area contributed by atoms with Crippen LogP contribution in [0.5, 0.6) is 0 Å². The van der Waals surface area contributed by atoms with Crippen molar-refractivity contribution in [3.8, 4) is 11.8 Å². The number of alkyl carbamates (subject to hydrolysis) is 1. The summed E-state index contributed by atoms with van der Waals surface area (Å²) in [5, 5.41) is 12.9. The van der Waals surface area contributed by atoms with Gasteiger partial charge in [0.25, 0.3) is 5.70 Å². The number of hydrogen-bond donors (Lipinski definition) is 2. The number of nitrogens with two attached hydrogens (primary N) is 1. The molecule has 0 aliphatic heterocycles. The summed E-state index contributed by atoms with van der Waals surface area (Å²) in [5.74, 6) is 5.17. The summed E-state index contributed by atoms with van der Waals surface area (Å²) in [5.41, 5.74) is 4.76. The van der Waals surface area contributed by atoms with Crippen molar-refractivity contribution in [2.45, 2.75) is 26.4 Å². The van der Waals surface area contributed by atoms with Gasteiger partial charge in [-0.15, -0.1) is 0 Å². The van der Waals surface area contributed by atoms with E-state index in [0.29, 0.717) is 0 Å². The number of amides is 1. The normalized spacial score (nSPS) is 10.9. The van der Waals surface area contributed by atoms with Gasteiger partial charge in [-0.05, 0) is 27.4 Å². The van der Waals surface area contributed by atoms with Gasteiger partial charge in [0, 0.05) is 11.8 Å². The minimum atomic E-state index is -0.663. The first-order chi connectivity index (χ1) is 9.53. The van der Waals surface area contributed by atoms with Gasteiger partial charge in [-0.1, -0.05) is 18.4 Å². The van der Waals surface area contributed by atoms with Gasteiger partial charge in [-0.25, -0.2) is 4.79 Å². The summed E-state index contributed by atoms with van der Waals surface area (Å²) in [6.45, 7) is 11.9. The van der Waals surface area contributed by atoms with Crippen LogP contribution >= 0.6 is 0 Å². The number of nitrogens with one attached hydrogen (secondary N) is 1. The third-order valence-electron chi connectivity index (χ3n) is 1.83. The second-order valence-electron chi connectivity index (χ2n) is 4.99. The molecule has 0 aromatic rings. The average molecular weight is 293 g/mol. The van der Waals surface area contributed by atoms with Gasteiger partial charge in [-0.3, -0.25) is 10.1 Å². The molecule has 7 heteroatoms. The summed E-state index contributed by atoms with van der Waals surface area (Å²) in [6.07, 6.45) is 0.506. The van der Waals surface area contributed by atoms with E-state index >= 15 is 0 Å². The van der Waals surface area contributed by atoms with Crippen LogP contribution in [0, 0.1) is 22.0 Å². The molecule has 0 radical (unpaired) electrons. The molecule has 0 aliphatic rings. The molecule has 7 nitrogen and oxygen atoms in total. The van der Waals surface area contributed by atoms with Crippen molar-refractivity contribution in [1.29, 1.82) is 0 Å². The molecule has 0 atom stereocenters. The van der Waals surface area contributed by atoms with Gasteiger partial charge in [0.05, 0.1) is 17.0 Å². The predicted octanol–water partition coefficient (Wildman–Crippen LogP) is 1.70. The van der Waals surface area contributed by atoms with Gasteiger partial charge in [0.2, 0.25) is 0 Å². The fourth-order valence-electron chi connectivity index (χ4n) is 0.998. The smallest absolute Gasteiger partial charge is 0.408 e. The molecular weight excluding hydrogens is 274 g/mol. The Hall–Kier alpha value is -2.75. The third-order valence-corrected chi connectivity index (χ3v) is 1.83. The highest BCUT2D eigenvalue weighted by Gasteiger charge is 2.15. The van der Waals surface area contributed by atoms with Crippen molar-refractivity contribution >= 4 is 6.09 Å². The fourth-order valence-corrected chi connectivity index (χ4v) is 0.998. The van der Waals surface area contributed by atoms with E-state index in [2.05, 4.69) is 30.3 Å². The lowest BCUT2D eigenvalue weighted by Crippen LogP contribution is -2.32. The number of hydrogen-bond acceptors (Lipinski definition) is 5. The standard InChI is InChI=1S/C14H19N3O4/c1-10(17(19)20)9-12(11(2)15)7-6-8-16-13(18)21-14(3,4)5/h9H,1-2,8,15H2,3-5H3,(H,16,18)/b12-9-. The monoisotopic (exact) mass is 293 g/mol. The Bertz CT molecular complexity index is 545. The van der Waals surface area contributed by atoms with Crippen molar-refractivity contribution in [3.63, 3.8) is 0 Å². The first kappa shape index (κ1) is 18.2. The minimum absolute atomic E-state index is 0.00444. The Morgan fingerprint density at radius 3 is 2.48 bits per heavy atom. The van der Waals surface area contributed by atoms with Crippen LogP contribution in [-0.4, -0.2) is 23.2 Å². The van der Waals surface area contributed by atoms with Crippen LogP contribution in [0.15, 0.2) is 36.2 Å². The van der Waals surface area contributed by atoms with Crippen LogP contribution in [-0.2, 0) is 4.74 Å². The molecular formula is C14H19N3O4. The summed E-state index contributed by atoms with van der Waals surface area (Å²) >= 11 is 0. The summed E-state index contributed by atoms with van der Waals surface area (Å²) in [4.78, 5) is 21.2. The molecule has 0 saturated heterocycles. The number of nitrogens with zero attached hydrogens (tertiary/aromatic N) is 1. The molecule has 114 valence electrons. The highest BCUT2D eigenvalue weighted by atomic mass is 16.6. The van der Waals surface area contributed by atoms with Gasteiger partial charge in [0.1, 0.15) is 5.60 Å². The van der Waals surface area contributed by atoms with Gasteiger partial charge >= 0.3 is 6.09 Å². The van der Waals surface area contributed by atoms with Gasteiger partial charge in [-0.2, -0.15) is 0 Å². The molecule has 0 rings (SSSR count). The second kappa shape index (κ2) is 7.75. The Morgan fingerprint density at radius 2 is 2.05 bits per heavy atom. The second-order valence-corrected chi connectivity index (χ2v) is 4.99. The molecule has 21 heavy (non-hydrogen) atoms. The number of carbonyl (C=O) groups excluding carboxylic acids is 1. The number of rotatable bonds is 4. The zero-order valence-electron chi connectivity index (χ0n) is 12.4. The Balaban J connectivity index is 4.65. The SMILES string of the molecule is C=C(N)/C(C#CCNC(=O)OC(C)(C)C)=C\C(=C)[N+](=O)[O-]. The van der Waals surface area contributed by atoms with E-state index in [0.717, 1.165) is 6.08 Å².